The third-order valence-corrected chi connectivity index (χ3v) is 3.81. The van der Waals surface area contributed by atoms with Gasteiger partial charge in [-0.15, -0.1) is 0 Å². The highest BCUT2D eigenvalue weighted by Gasteiger charge is 2.25. The predicted molar refractivity (Wildman–Crippen MR) is 88.3 cm³/mol. The zero-order chi connectivity index (χ0) is 17.1. The zero-order valence-corrected chi connectivity index (χ0v) is 13.6. The Hall–Kier alpha value is -2.57. The van der Waals surface area contributed by atoms with Crippen LogP contribution in [0.25, 0.3) is 0 Å². The Labute approximate surface area is 145 Å². The van der Waals surface area contributed by atoms with E-state index in [-0.39, 0.29) is 12.2 Å². The quantitative estimate of drug-likeness (QED) is 0.417. The third kappa shape index (κ3) is 4.29. The molecule has 0 aliphatic carbocycles. The second kappa shape index (κ2) is 7.13. The molecule has 2 atom stereocenters. The molecular weight excluding hydrogens is 324 g/mol. The van der Waals surface area contributed by atoms with E-state index in [4.69, 9.17) is 23.7 Å². The number of carbonyl (C=O) groups is 1. The molecule has 6 heteroatoms. The molecular formula is C19H18O6. The van der Waals surface area contributed by atoms with Crippen molar-refractivity contribution in [1.29, 1.82) is 0 Å². The minimum absolute atomic E-state index is 0.114. The smallest absolute Gasteiger partial charge is 0.347 e. The van der Waals surface area contributed by atoms with Crippen molar-refractivity contribution in [3.8, 4) is 17.2 Å². The first-order chi connectivity index (χ1) is 12.3. The average molecular weight is 342 g/mol. The molecule has 0 saturated carbocycles. The maximum Gasteiger partial charge on any atom is 0.347 e. The second-order valence-electron chi connectivity index (χ2n) is 5.87. The van der Waals surface area contributed by atoms with Crippen molar-refractivity contribution in [1.82, 2.24) is 0 Å². The van der Waals surface area contributed by atoms with E-state index in [2.05, 4.69) is 0 Å². The van der Waals surface area contributed by atoms with E-state index in [1.54, 1.807) is 36.4 Å². The van der Waals surface area contributed by atoms with Gasteiger partial charge in [-0.2, -0.15) is 0 Å². The highest BCUT2D eigenvalue weighted by Crippen LogP contribution is 2.29. The van der Waals surface area contributed by atoms with Crippen molar-refractivity contribution >= 4 is 5.97 Å². The molecule has 2 unspecified atom stereocenters. The minimum Gasteiger partial charge on any atom is -0.490 e. The van der Waals surface area contributed by atoms with Gasteiger partial charge in [0, 0.05) is 0 Å². The Kier molecular flexibility index (Phi) is 4.54. The summed E-state index contributed by atoms with van der Waals surface area (Å²) in [5, 5.41) is 0. The first-order valence-corrected chi connectivity index (χ1v) is 8.18. The normalized spacial score (nSPS) is 20.6. The summed E-state index contributed by atoms with van der Waals surface area (Å²) in [4.78, 5) is 12.6. The molecule has 2 aromatic carbocycles. The Morgan fingerprint density at radius 2 is 1.36 bits per heavy atom. The second-order valence-corrected chi connectivity index (χ2v) is 5.87. The fourth-order valence-electron chi connectivity index (χ4n) is 2.26. The van der Waals surface area contributed by atoms with Crippen LogP contribution in [0.4, 0.5) is 0 Å². The van der Waals surface area contributed by atoms with Gasteiger partial charge in [0.05, 0.1) is 13.2 Å². The van der Waals surface area contributed by atoms with Crippen LogP contribution in [0.1, 0.15) is 10.4 Å². The van der Waals surface area contributed by atoms with Crippen LogP contribution in [0.5, 0.6) is 17.2 Å². The summed E-state index contributed by atoms with van der Waals surface area (Å²) < 4.78 is 27.1. The monoisotopic (exact) mass is 342 g/mol. The largest absolute Gasteiger partial charge is 0.490 e. The number of carbonyl (C=O) groups excluding carboxylic acids is 1. The van der Waals surface area contributed by atoms with E-state index in [0.717, 1.165) is 0 Å². The van der Waals surface area contributed by atoms with Gasteiger partial charge in [0.15, 0.2) is 11.5 Å². The van der Waals surface area contributed by atoms with Crippen molar-refractivity contribution in [2.75, 3.05) is 26.4 Å². The van der Waals surface area contributed by atoms with Crippen LogP contribution in [0, 0.1) is 0 Å². The van der Waals surface area contributed by atoms with Crippen LogP contribution in [0.15, 0.2) is 48.5 Å². The van der Waals surface area contributed by atoms with Gasteiger partial charge in [-0.3, -0.25) is 0 Å². The molecule has 0 spiro atoms. The summed E-state index contributed by atoms with van der Waals surface area (Å²) in [6, 6.07) is 14.1. The summed E-state index contributed by atoms with van der Waals surface area (Å²) >= 11 is 0. The van der Waals surface area contributed by atoms with Crippen molar-refractivity contribution < 1.29 is 28.5 Å². The summed E-state index contributed by atoms with van der Waals surface area (Å²) in [5.74, 6) is 0.864. The van der Waals surface area contributed by atoms with Gasteiger partial charge in [-0.05, 0) is 24.3 Å². The molecule has 0 radical (unpaired) electrons. The van der Waals surface area contributed by atoms with Crippen LogP contribution in [0.3, 0.4) is 0 Å². The average Bonchev–Trinajstić information content (AvgIpc) is 3.54. The van der Waals surface area contributed by atoms with E-state index in [1.165, 1.54) is 0 Å². The molecule has 6 nitrogen and oxygen atoms in total. The Morgan fingerprint density at radius 3 is 2.00 bits per heavy atom. The highest BCUT2D eigenvalue weighted by atomic mass is 16.6. The van der Waals surface area contributed by atoms with Crippen molar-refractivity contribution in [2.24, 2.45) is 0 Å². The van der Waals surface area contributed by atoms with Crippen LogP contribution in [-0.2, 0) is 9.47 Å². The molecule has 2 saturated heterocycles. The number of rotatable bonds is 8. The van der Waals surface area contributed by atoms with Gasteiger partial charge in [-0.1, -0.05) is 24.3 Å². The van der Waals surface area contributed by atoms with E-state index in [9.17, 15) is 4.79 Å². The zero-order valence-electron chi connectivity index (χ0n) is 13.6. The van der Waals surface area contributed by atoms with Gasteiger partial charge < -0.3 is 23.7 Å². The van der Waals surface area contributed by atoms with E-state index >= 15 is 0 Å². The maximum absolute atomic E-state index is 12.6. The topological polar surface area (TPSA) is 69.8 Å². The van der Waals surface area contributed by atoms with Crippen LogP contribution < -0.4 is 14.2 Å². The standard InChI is InChI=1S/C19H18O6/c20-19(15-5-1-2-6-16(15)23-11-13-9-21-13)25-18-8-4-3-7-17(18)24-12-14-10-22-14/h1-8,13-14H,9-12H2. The molecule has 2 aliphatic heterocycles. The predicted octanol–water partition coefficient (Wildman–Crippen LogP) is 2.46. The van der Waals surface area contributed by atoms with Crippen LogP contribution in [0.2, 0.25) is 0 Å². The molecule has 130 valence electrons. The number of ether oxygens (including phenoxy) is 5. The lowest BCUT2D eigenvalue weighted by Gasteiger charge is -2.13. The van der Waals surface area contributed by atoms with Crippen LogP contribution >= 0.6 is 0 Å². The van der Waals surface area contributed by atoms with Crippen molar-refractivity contribution in [3.05, 3.63) is 54.1 Å². The van der Waals surface area contributed by atoms with E-state index < -0.39 is 5.97 Å². The highest BCUT2D eigenvalue weighted by molar-refractivity contribution is 5.94. The van der Waals surface area contributed by atoms with Gasteiger partial charge in [0.1, 0.15) is 36.7 Å². The van der Waals surface area contributed by atoms with Crippen molar-refractivity contribution in [3.63, 3.8) is 0 Å². The van der Waals surface area contributed by atoms with Gasteiger partial charge >= 0.3 is 5.97 Å². The van der Waals surface area contributed by atoms with Gasteiger partial charge in [0.2, 0.25) is 0 Å². The molecule has 0 bridgehead atoms. The number of benzene rings is 2. The number of esters is 1. The van der Waals surface area contributed by atoms with Gasteiger partial charge in [-0.25, -0.2) is 4.79 Å². The van der Waals surface area contributed by atoms with Crippen molar-refractivity contribution in [2.45, 2.75) is 12.2 Å². The molecule has 0 aromatic heterocycles. The molecule has 2 aromatic rings. The Morgan fingerprint density at radius 1 is 0.840 bits per heavy atom. The lowest BCUT2D eigenvalue weighted by molar-refractivity contribution is 0.0722. The first kappa shape index (κ1) is 15.9. The number of hydrogen-bond donors (Lipinski definition) is 0. The molecule has 2 heterocycles. The number of epoxide rings is 2. The van der Waals surface area contributed by atoms with E-state index in [1.807, 2.05) is 12.1 Å². The number of para-hydroxylation sites is 3. The first-order valence-electron chi connectivity index (χ1n) is 8.18. The third-order valence-electron chi connectivity index (χ3n) is 3.81. The van der Waals surface area contributed by atoms with Gasteiger partial charge in [0.25, 0.3) is 0 Å². The summed E-state index contributed by atoms with van der Waals surface area (Å²) in [6.45, 7) is 2.26. The molecule has 2 aliphatic rings. The molecule has 0 N–H and O–H groups in total. The lowest BCUT2D eigenvalue weighted by Crippen LogP contribution is -2.13. The molecule has 2 fully saturated rings. The maximum atomic E-state index is 12.6. The summed E-state index contributed by atoms with van der Waals surface area (Å²) in [7, 11) is 0. The Bertz CT molecular complexity index is 751. The summed E-state index contributed by atoms with van der Waals surface area (Å²) in [5.41, 5.74) is 0.364. The molecule has 4 rings (SSSR count). The fourth-order valence-corrected chi connectivity index (χ4v) is 2.26. The molecule has 0 amide bonds. The molecule has 25 heavy (non-hydrogen) atoms. The van der Waals surface area contributed by atoms with E-state index in [0.29, 0.717) is 49.2 Å². The SMILES string of the molecule is O=C(Oc1ccccc1OCC1CO1)c1ccccc1OCC1CO1. The minimum atomic E-state index is -0.494. The summed E-state index contributed by atoms with van der Waals surface area (Å²) in [6.07, 6.45) is 0.241. The number of hydrogen-bond acceptors (Lipinski definition) is 6. The van der Waals surface area contributed by atoms with Crippen LogP contribution in [-0.4, -0.2) is 44.6 Å². The lowest BCUT2D eigenvalue weighted by atomic mass is 10.2. The Balaban J connectivity index is 1.46. The fraction of sp³-hybridized carbons (Fsp3) is 0.316.